The Morgan fingerprint density at radius 3 is 1.14 bits per heavy atom. The van der Waals surface area contributed by atoms with Crippen LogP contribution in [0.4, 0.5) is 0 Å². The molecule has 2 fully saturated rings. The Bertz CT molecular complexity index is 158. The summed E-state index contributed by atoms with van der Waals surface area (Å²) in [7, 11) is 0. The van der Waals surface area contributed by atoms with Gasteiger partial charge in [-0.2, -0.15) is 0 Å². The summed E-state index contributed by atoms with van der Waals surface area (Å²) in [5.74, 6) is 6.18. The van der Waals surface area contributed by atoms with E-state index >= 15 is 0 Å². The molecule has 82 valence electrons. The second-order valence-corrected chi connectivity index (χ2v) is 6.47. The molecule has 0 heteroatoms. The molecule has 0 aliphatic heterocycles. The predicted molar refractivity (Wildman–Crippen MR) is 62.1 cm³/mol. The molecule has 0 atom stereocenters. The first-order chi connectivity index (χ1) is 6.58. The molecule has 0 spiro atoms. The van der Waals surface area contributed by atoms with E-state index in [0.717, 1.165) is 35.5 Å². The highest BCUT2D eigenvalue weighted by Gasteiger charge is 2.42. The third-order valence-corrected chi connectivity index (χ3v) is 4.97. The lowest BCUT2D eigenvalue weighted by atomic mass is 9.87. The highest BCUT2D eigenvalue weighted by atomic mass is 14.5. The molecule has 2 saturated carbocycles. The Kier molecular flexibility index (Phi) is 2.91. The SMILES string of the molecule is CC(C)C1CC2CC(C(C)C)CC2C1. The summed E-state index contributed by atoms with van der Waals surface area (Å²) in [5, 5.41) is 0. The van der Waals surface area contributed by atoms with Crippen molar-refractivity contribution in [3.63, 3.8) is 0 Å². The van der Waals surface area contributed by atoms with Crippen LogP contribution in [0.5, 0.6) is 0 Å². The third kappa shape index (κ3) is 1.85. The maximum absolute atomic E-state index is 2.41. The van der Waals surface area contributed by atoms with Gasteiger partial charge in [0.2, 0.25) is 0 Å². The molecule has 2 aliphatic rings. The van der Waals surface area contributed by atoms with E-state index in [-0.39, 0.29) is 0 Å². The molecular weight excluding hydrogens is 168 g/mol. The van der Waals surface area contributed by atoms with Gasteiger partial charge in [-0.1, -0.05) is 27.7 Å². The minimum Gasteiger partial charge on any atom is -0.0625 e. The molecule has 0 radical (unpaired) electrons. The quantitative estimate of drug-likeness (QED) is 0.613. The van der Waals surface area contributed by atoms with Crippen molar-refractivity contribution in [3.05, 3.63) is 0 Å². The largest absolute Gasteiger partial charge is 0.0625 e. The molecule has 14 heavy (non-hydrogen) atoms. The maximum atomic E-state index is 2.41. The lowest BCUT2D eigenvalue weighted by Gasteiger charge is -2.19. The van der Waals surface area contributed by atoms with E-state index in [1.165, 1.54) is 0 Å². The standard InChI is InChI=1S/C14H26/c1-9(2)11-5-13-7-12(10(3)4)8-14(13)6-11/h9-14H,5-8H2,1-4H3. The molecule has 0 nitrogen and oxygen atoms in total. The van der Waals surface area contributed by atoms with Crippen LogP contribution in [0.15, 0.2) is 0 Å². The van der Waals surface area contributed by atoms with E-state index in [2.05, 4.69) is 27.7 Å². The summed E-state index contributed by atoms with van der Waals surface area (Å²) >= 11 is 0. The first-order valence-corrected chi connectivity index (χ1v) is 6.58. The van der Waals surface area contributed by atoms with Gasteiger partial charge in [0.25, 0.3) is 0 Å². The smallest absolute Gasteiger partial charge is 0.0380 e. The highest BCUT2D eigenvalue weighted by Crippen LogP contribution is 2.52. The topological polar surface area (TPSA) is 0 Å². The van der Waals surface area contributed by atoms with Gasteiger partial charge in [0.1, 0.15) is 0 Å². The van der Waals surface area contributed by atoms with Crippen LogP contribution in [0.2, 0.25) is 0 Å². The monoisotopic (exact) mass is 194 g/mol. The van der Waals surface area contributed by atoms with Crippen LogP contribution in [-0.2, 0) is 0 Å². The fourth-order valence-corrected chi connectivity index (χ4v) is 3.80. The van der Waals surface area contributed by atoms with Gasteiger partial charge in [0.15, 0.2) is 0 Å². The van der Waals surface area contributed by atoms with Crippen LogP contribution in [0.25, 0.3) is 0 Å². The number of hydrogen-bond acceptors (Lipinski definition) is 0. The Balaban J connectivity index is 1.90. The lowest BCUT2D eigenvalue weighted by Crippen LogP contribution is -2.09. The summed E-state index contributed by atoms with van der Waals surface area (Å²) < 4.78 is 0. The van der Waals surface area contributed by atoms with Gasteiger partial charge in [0.05, 0.1) is 0 Å². The van der Waals surface area contributed by atoms with Crippen molar-refractivity contribution in [2.75, 3.05) is 0 Å². The van der Waals surface area contributed by atoms with Crippen LogP contribution in [0.1, 0.15) is 53.4 Å². The van der Waals surface area contributed by atoms with Crippen LogP contribution < -0.4 is 0 Å². The van der Waals surface area contributed by atoms with Crippen molar-refractivity contribution >= 4 is 0 Å². The second-order valence-electron chi connectivity index (χ2n) is 6.47. The second kappa shape index (κ2) is 3.87. The Labute approximate surface area is 89.5 Å². The van der Waals surface area contributed by atoms with Gasteiger partial charge in [-0.05, 0) is 61.2 Å². The summed E-state index contributed by atoms with van der Waals surface area (Å²) in [6, 6.07) is 0. The van der Waals surface area contributed by atoms with Crippen LogP contribution in [0, 0.1) is 35.5 Å². The summed E-state index contributed by atoms with van der Waals surface area (Å²) in [6.45, 7) is 9.63. The van der Waals surface area contributed by atoms with E-state index in [9.17, 15) is 0 Å². The Morgan fingerprint density at radius 1 is 0.643 bits per heavy atom. The van der Waals surface area contributed by atoms with Gasteiger partial charge < -0.3 is 0 Å². The molecular formula is C14H26. The van der Waals surface area contributed by atoms with Crippen molar-refractivity contribution in [2.24, 2.45) is 35.5 Å². The van der Waals surface area contributed by atoms with Crippen molar-refractivity contribution < 1.29 is 0 Å². The van der Waals surface area contributed by atoms with Gasteiger partial charge in [-0.25, -0.2) is 0 Å². The number of fused-ring (bicyclic) bond motifs is 1. The van der Waals surface area contributed by atoms with Crippen LogP contribution >= 0.6 is 0 Å². The molecule has 0 aromatic heterocycles. The molecule has 0 bridgehead atoms. The fraction of sp³-hybridized carbons (Fsp3) is 1.00. The third-order valence-electron chi connectivity index (χ3n) is 4.97. The zero-order chi connectivity index (χ0) is 10.3. The number of rotatable bonds is 2. The summed E-state index contributed by atoms with van der Waals surface area (Å²) in [5.41, 5.74) is 0. The van der Waals surface area contributed by atoms with E-state index in [4.69, 9.17) is 0 Å². The lowest BCUT2D eigenvalue weighted by molar-refractivity contribution is 0.314. The molecule has 0 aromatic carbocycles. The summed E-state index contributed by atoms with van der Waals surface area (Å²) in [4.78, 5) is 0. The first kappa shape index (κ1) is 10.5. The highest BCUT2D eigenvalue weighted by molar-refractivity contribution is 4.92. The van der Waals surface area contributed by atoms with Crippen LogP contribution in [-0.4, -0.2) is 0 Å². The zero-order valence-electron chi connectivity index (χ0n) is 10.3. The van der Waals surface area contributed by atoms with Gasteiger partial charge in [-0.15, -0.1) is 0 Å². The van der Waals surface area contributed by atoms with E-state index in [1.54, 1.807) is 25.7 Å². The summed E-state index contributed by atoms with van der Waals surface area (Å²) in [6.07, 6.45) is 6.19. The average Bonchev–Trinajstić information content (AvgIpc) is 2.57. The van der Waals surface area contributed by atoms with Gasteiger partial charge >= 0.3 is 0 Å². The average molecular weight is 194 g/mol. The van der Waals surface area contributed by atoms with Gasteiger partial charge in [0, 0.05) is 0 Å². The Hall–Kier alpha value is 0. The van der Waals surface area contributed by atoms with Crippen molar-refractivity contribution in [1.29, 1.82) is 0 Å². The first-order valence-electron chi connectivity index (χ1n) is 6.58. The molecule has 2 rings (SSSR count). The predicted octanol–water partition coefficient (Wildman–Crippen LogP) is 4.35. The van der Waals surface area contributed by atoms with E-state index < -0.39 is 0 Å². The van der Waals surface area contributed by atoms with Crippen molar-refractivity contribution in [3.8, 4) is 0 Å². The van der Waals surface area contributed by atoms with Gasteiger partial charge in [-0.3, -0.25) is 0 Å². The zero-order valence-corrected chi connectivity index (χ0v) is 10.3. The maximum Gasteiger partial charge on any atom is -0.0380 e. The van der Waals surface area contributed by atoms with E-state index in [1.807, 2.05) is 0 Å². The molecule has 0 aromatic rings. The molecule has 0 amide bonds. The molecule has 0 N–H and O–H groups in total. The fourth-order valence-electron chi connectivity index (χ4n) is 3.80. The normalized spacial score (nSPS) is 42.4. The number of hydrogen-bond donors (Lipinski definition) is 0. The molecule has 2 aliphatic carbocycles. The Morgan fingerprint density at radius 2 is 0.929 bits per heavy atom. The molecule has 0 saturated heterocycles. The molecule has 0 unspecified atom stereocenters. The van der Waals surface area contributed by atoms with Crippen molar-refractivity contribution in [2.45, 2.75) is 53.4 Å². The van der Waals surface area contributed by atoms with E-state index in [0.29, 0.717) is 0 Å². The van der Waals surface area contributed by atoms with Crippen LogP contribution in [0.3, 0.4) is 0 Å². The van der Waals surface area contributed by atoms with Crippen molar-refractivity contribution in [1.82, 2.24) is 0 Å². The molecule has 0 heterocycles. The minimum atomic E-state index is 0.929. The minimum absolute atomic E-state index is 0.929.